The Morgan fingerprint density at radius 3 is 2.05 bits per heavy atom. The standard InChI is InChI=1S/C57H34N4OS/c1-2-14-35-28-38(25-24-33(35)12-1)55-58-56(44-20-11-23-51-53(44)42-19-8-10-22-50(42)63-51)60-57(59-55)46-31-39(32-49-52(46)43-27-26-34-13-5-6-17-40(34)54(43)62-49)61-47-21-9-7-18-41(47)45-29-36-15-3-4-16-37(36)30-48(45)61/h1-32,55H,(H,58,59,60). The SMILES string of the molecule is c1ccc2cc(C3N=C(c4cccc5sc6ccccc6c45)N=C(c4cc(-n5c6ccccc6c6cc7ccccc7cc65)cc5oc6c7ccccc7ccc6c45)N3)ccc2c1. The third-order valence-electron chi connectivity index (χ3n) is 13.0. The number of amidine groups is 2. The molecule has 0 radical (unpaired) electrons. The van der Waals surface area contributed by atoms with Crippen LogP contribution in [0.4, 0.5) is 0 Å². The maximum atomic E-state index is 7.07. The second kappa shape index (κ2) is 13.2. The second-order valence-electron chi connectivity index (χ2n) is 16.5. The topological polar surface area (TPSA) is 54.8 Å². The van der Waals surface area contributed by atoms with Crippen molar-refractivity contribution in [1.82, 2.24) is 9.88 Å². The van der Waals surface area contributed by atoms with Gasteiger partial charge in [-0.1, -0.05) is 140 Å². The van der Waals surface area contributed by atoms with Gasteiger partial charge >= 0.3 is 0 Å². The average Bonchev–Trinajstić information content (AvgIpc) is 4.02. The number of rotatable bonds is 4. The molecule has 0 spiro atoms. The zero-order valence-electron chi connectivity index (χ0n) is 33.7. The molecule has 0 amide bonds. The number of aromatic nitrogens is 1. The van der Waals surface area contributed by atoms with Gasteiger partial charge in [-0.25, -0.2) is 9.98 Å². The van der Waals surface area contributed by atoms with E-state index in [0.29, 0.717) is 5.84 Å². The summed E-state index contributed by atoms with van der Waals surface area (Å²) in [7, 11) is 0. The molecule has 6 heteroatoms. The molecular weight excluding hydrogens is 789 g/mol. The summed E-state index contributed by atoms with van der Waals surface area (Å²) < 4.78 is 11.9. The number of hydrogen-bond donors (Lipinski definition) is 1. The second-order valence-corrected chi connectivity index (χ2v) is 17.6. The van der Waals surface area contributed by atoms with Gasteiger partial charge in [0, 0.05) is 64.3 Å². The molecule has 294 valence electrons. The van der Waals surface area contributed by atoms with E-state index in [4.69, 9.17) is 14.4 Å². The Morgan fingerprint density at radius 2 is 1.17 bits per heavy atom. The average molecular weight is 823 g/mol. The van der Waals surface area contributed by atoms with Crippen LogP contribution in [0.3, 0.4) is 0 Å². The van der Waals surface area contributed by atoms with Crippen LogP contribution in [0, 0.1) is 0 Å². The van der Waals surface area contributed by atoms with Crippen LogP contribution in [0.2, 0.25) is 0 Å². The van der Waals surface area contributed by atoms with E-state index in [1.165, 1.54) is 52.5 Å². The highest BCUT2D eigenvalue weighted by Gasteiger charge is 2.27. The lowest BCUT2D eigenvalue weighted by Gasteiger charge is -2.25. The van der Waals surface area contributed by atoms with E-state index in [1.807, 2.05) is 11.3 Å². The van der Waals surface area contributed by atoms with Gasteiger partial charge in [-0.3, -0.25) is 0 Å². The van der Waals surface area contributed by atoms with E-state index in [9.17, 15) is 0 Å². The molecule has 1 aliphatic heterocycles. The van der Waals surface area contributed by atoms with E-state index in [2.05, 4.69) is 204 Å². The molecule has 0 saturated heterocycles. The molecule has 14 rings (SSSR count). The van der Waals surface area contributed by atoms with Crippen molar-refractivity contribution in [1.29, 1.82) is 0 Å². The third-order valence-corrected chi connectivity index (χ3v) is 14.1. The number of benzene rings is 10. The van der Waals surface area contributed by atoms with Gasteiger partial charge in [-0.15, -0.1) is 11.3 Å². The highest BCUT2D eigenvalue weighted by atomic mass is 32.1. The van der Waals surface area contributed by atoms with E-state index in [-0.39, 0.29) is 0 Å². The third kappa shape index (κ3) is 5.22. The van der Waals surface area contributed by atoms with E-state index >= 15 is 0 Å². The van der Waals surface area contributed by atoms with Gasteiger partial charge in [0.05, 0.1) is 16.7 Å². The highest BCUT2D eigenvalue weighted by molar-refractivity contribution is 7.25. The molecule has 3 aromatic heterocycles. The molecule has 0 bridgehead atoms. The number of nitrogens with one attached hydrogen (secondary N) is 1. The van der Waals surface area contributed by atoms with Crippen molar-refractivity contribution in [2.24, 2.45) is 9.98 Å². The van der Waals surface area contributed by atoms with Crippen LogP contribution in [-0.2, 0) is 0 Å². The van der Waals surface area contributed by atoms with Crippen LogP contribution in [0.15, 0.2) is 209 Å². The molecule has 1 N–H and O–H groups in total. The first kappa shape index (κ1) is 34.6. The Hall–Kier alpha value is -8.06. The summed E-state index contributed by atoms with van der Waals surface area (Å²) in [6, 6.07) is 69.7. The highest BCUT2D eigenvalue weighted by Crippen LogP contribution is 2.42. The number of thiophene rings is 1. The van der Waals surface area contributed by atoms with Crippen molar-refractivity contribution in [3.63, 3.8) is 0 Å². The summed E-state index contributed by atoms with van der Waals surface area (Å²) in [5.41, 5.74) is 7.93. The molecule has 1 unspecified atom stereocenters. The summed E-state index contributed by atoms with van der Waals surface area (Å²) in [5.74, 6) is 1.43. The van der Waals surface area contributed by atoms with Crippen molar-refractivity contribution < 1.29 is 4.42 Å². The Labute approximate surface area is 364 Å². The Morgan fingerprint density at radius 1 is 0.476 bits per heavy atom. The first-order chi connectivity index (χ1) is 31.2. The minimum atomic E-state index is -0.422. The zero-order valence-corrected chi connectivity index (χ0v) is 34.5. The van der Waals surface area contributed by atoms with Crippen LogP contribution in [0.25, 0.3) is 102 Å². The van der Waals surface area contributed by atoms with Crippen molar-refractivity contribution in [3.05, 3.63) is 211 Å². The summed E-state index contributed by atoms with van der Waals surface area (Å²) >= 11 is 1.81. The number of fused-ring (bicyclic) bond motifs is 13. The van der Waals surface area contributed by atoms with Crippen LogP contribution >= 0.6 is 11.3 Å². The predicted molar refractivity (Wildman–Crippen MR) is 265 cm³/mol. The van der Waals surface area contributed by atoms with Crippen LogP contribution in [0.5, 0.6) is 0 Å². The summed E-state index contributed by atoms with van der Waals surface area (Å²) in [5, 5.41) is 17.7. The largest absolute Gasteiger partial charge is 0.455 e. The van der Waals surface area contributed by atoms with Crippen LogP contribution in [-0.4, -0.2) is 16.2 Å². The predicted octanol–water partition coefficient (Wildman–Crippen LogP) is 15.0. The number of nitrogens with zero attached hydrogens (tertiary/aromatic N) is 3. The maximum absolute atomic E-state index is 7.07. The lowest BCUT2D eigenvalue weighted by atomic mass is 10.00. The van der Waals surface area contributed by atoms with Crippen LogP contribution < -0.4 is 5.32 Å². The Bertz CT molecular complexity index is 4150. The molecule has 1 atom stereocenters. The first-order valence-electron chi connectivity index (χ1n) is 21.3. The molecule has 0 saturated carbocycles. The Kier molecular flexibility index (Phi) is 7.27. The monoisotopic (exact) mass is 822 g/mol. The number of aliphatic imine (C=N–C) groups is 2. The molecule has 5 nitrogen and oxygen atoms in total. The van der Waals surface area contributed by atoms with Gasteiger partial charge in [-0.2, -0.15) is 0 Å². The van der Waals surface area contributed by atoms with Crippen molar-refractivity contribution in [2.45, 2.75) is 6.17 Å². The van der Waals surface area contributed by atoms with Crippen molar-refractivity contribution in [3.8, 4) is 5.69 Å². The van der Waals surface area contributed by atoms with Crippen LogP contribution in [0.1, 0.15) is 22.9 Å². The quantitative estimate of drug-likeness (QED) is 0.192. The molecular formula is C57H34N4OS. The Balaban J connectivity index is 1.08. The fraction of sp³-hybridized carbons (Fsp3) is 0.0175. The molecule has 1 aliphatic rings. The van der Waals surface area contributed by atoms with Gasteiger partial charge in [0.2, 0.25) is 0 Å². The smallest absolute Gasteiger partial charge is 0.160 e. The van der Waals surface area contributed by atoms with Crippen molar-refractivity contribution >= 4 is 119 Å². The number of furan rings is 1. The molecule has 13 aromatic rings. The van der Waals surface area contributed by atoms with Gasteiger partial charge in [0.1, 0.15) is 23.2 Å². The lowest BCUT2D eigenvalue weighted by molar-refractivity contribution is 0.670. The molecule has 0 aliphatic carbocycles. The maximum Gasteiger partial charge on any atom is 0.160 e. The minimum Gasteiger partial charge on any atom is -0.455 e. The molecule has 0 fully saturated rings. The van der Waals surface area contributed by atoms with E-state index < -0.39 is 6.17 Å². The number of para-hydroxylation sites is 1. The molecule has 10 aromatic carbocycles. The van der Waals surface area contributed by atoms with Gasteiger partial charge in [-0.05, 0) is 81.0 Å². The lowest BCUT2D eigenvalue weighted by Crippen LogP contribution is -2.33. The molecule has 63 heavy (non-hydrogen) atoms. The van der Waals surface area contributed by atoms with Crippen molar-refractivity contribution in [2.75, 3.05) is 0 Å². The first-order valence-corrected chi connectivity index (χ1v) is 22.1. The van der Waals surface area contributed by atoms with Gasteiger partial charge < -0.3 is 14.3 Å². The van der Waals surface area contributed by atoms with Gasteiger partial charge in [0.25, 0.3) is 0 Å². The van der Waals surface area contributed by atoms with Gasteiger partial charge in [0.15, 0.2) is 5.84 Å². The van der Waals surface area contributed by atoms with E-state index in [0.717, 1.165) is 72.0 Å². The summed E-state index contributed by atoms with van der Waals surface area (Å²) in [6.07, 6.45) is -0.422. The normalized spacial score (nSPS) is 14.5. The zero-order chi connectivity index (χ0) is 41.2. The number of hydrogen-bond acceptors (Lipinski definition) is 5. The molecule has 4 heterocycles. The summed E-state index contributed by atoms with van der Waals surface area (Å²) in [4.78, 5) is 11.1. The minimum absolute atomic E-state index is 0.422. The fourth-order valence-corrected chi connectivity index (χ4v) is 11.2. The fourth-order valence-electron chi connectivity index (χ4n) is 10.1. The summed E-state index contributed by atoms with van der Waals surface area (Å²) in [6.45, 7) is 0. The van der Waals surface area contributed by atoms with E-state index in [1.54, 1.807) is 0 Å².